The highest BCUT2D eigenvalue weighted by atomic mass is 79.9. The summed E-state index contributed by atoms with van der Waals surface area (Å²) in [6.07, 6.45) is 0. The van der Waals surface area contributed by atoms with E-state index in [9.17, 15) is 0 Å². The topological polar surface area (TPSA) is 12.0 Å². The Morgan fingerprint density at radius 1 is 1.00 bits per heavy atom. The number of hydrogen-bond donors (Lipinski definition) is 1. The molecule has 0 aliphatic rings. The molecule has 0 saturated heterocycles. The SMILES string of the molecule is CNC(c1cc(Br)cc(Br)c1)c1cccc(C)c1C. The second kappa shape index (κ2) is 6.21. The van der Waals surface area contributed by atoms with E-state index >= 15 is 0 Å². The average molecular weight is 383 g/mol. The lowest BCUT2D eigenvalue weighted by Crippen LogP contribution is -2.19. The first kappa shape index (κ1) is 14.8. The Morgan fingerprint density at radius 3 is 2.21 bits per heavy atom. The smallest absolute Gasteiger partial charge is 0.0577 e. The molecule has 0 saturated carbocycles. The minimum atomic E-state index is 0.202. The summed E-state index contributed by atoms with van der Waals surface area (Å²) in [4.78, 5) is 0. The van der Waals surface area contributed by atoms with Gasteiger partial charge in [0, 0.05) is 8.95 Å². The van der Waals surface area contributed by atoms with Gasteiger partial charge in [-0.05, 0) is 61.3 Å². The van der Waals surface area contributed by atoms with E-state index in [1.807, 2.05) is 7.05 Å². The lowest BCUT2D eigenvalue weighted by molar-refractivity contribution is 0.686. The van der Waals surface area contributed by atoms with Crippen molar-refractivity contribution in [3.05, 3.63) is 67.6 Å². The van der Waals surface area contributed by atoms with Crippen LogP contribution in [0.5, 0.6) is 0 Å². The summed E-state index contributed by atoms with van der Waals surface area (Å²) in [5.74, 6) is 0. The Labute approximate surface area is 131 Å². The Balaban J connectivity index is 2.53. The van der Waals surface area contributed by atoms with Crippen molar-refractivity contribution in [3.63, 3.8) is 0 Å². The van der Waals surface area contributed by atoms with E-state index in [2.05, 4.69) is 87.4 Å². The second-order valence-corrected chi connectivity index (χ2v) is 6.54. The molecule has 0 fully saturated rings. The van der Waals surface area contributed by atoms with E-state index in [-0.39, 0.29) is 6.04 Å². The van der Waals surface area contributed by atoms with E-state index in [1.165, 1.54) is 22.3 Å². The summed E-state index contributed by atoms with van der Waals surface area (Å²) in [7, 11) is 2.00. The quantitative estimate of drug-likeness (QED) is 0.775. The van der Waals surface area contributed by atoms with E-state index in [0.29, 0.717) is 0 Å². The Kier molecular flexibility index (Phi) is 4.82. The first-order valence-corrected chi connectivity index (χ1v) is 7.81. The van der Waals surface area contributed by atoms with Crippen LogP contribution in [0.3, 0.4) is 0 Å². The maximum atomic E-state index is 3.56. The third-order valence-corrected chi connectivity index (χ3v) is 4.38. The van der Waals surface area contributed by atoms with Gasteiger partial charge >= 0.3 is 0 Å². The van der Waals surface area contributed by atoms with Crippen LogP contribution in [0.15, 0.2) is 45.3 Å². The molecule has 1 unspecified atom stereocenters. The van der Waals surface area contributed by atoms with Gasteiger partial charge < -0.3 is 5.32 Å². The fraction of sp³-hybridized carbons (Fsp3) is 0.250. The van der Waals surface area contributed by atoms with Gasteiger partial charge in [-0.2, -0.15) is 0 Å². The highest BCUT2D eigenvalue weighted by Gasteiger charge is 2.15. The van der Waals surface area contributed by atoms with Gasteiger partial charge in [0.15, 0.2) is 0 Å². The zero-order valence-electron chi connectivity index (χ0n) is 11.3. The first-order chi connectivity index (χ1) is 9.02. The van der Waals surface area contributed by atoms with Crippen molar-refractivity contribution in [1.29, 1.82) is 0 Å². The van der Waals surface area contributed by atoms with Crippen LogP contribution in [0, 0.1) is 13.8 Å². The zero-order chi connectivity index (χ0) is 14.0. The number of halogens is 2. The summed E-state index contributed by atoms with van der Waals surface area (Å²) in [6, 6.07) is 13.0. The summed E-state index contributed by atoms with van der Waals surface area (Å²) in [5, 5.41) is 3.42. The molecule has 0 aliphatic heterocycles. The Hall–Kier alpha value is -0.640. The number of nitrogens with one attached hydrogen (secondary N) is 1. The summed E-state index contributed by atoms with van der Waals surface area (Å²) >= 11 is 7.12. The summed E-state index contributed by atoms with van der Waals surface area (Å²) in [5.41, 5.74) is 5.25. The second-order valence-electron chi connectivity index (χ2n) is 4.71. The van der Waals surface area contributed by atoms with E-state index in [4.69, 9.17) is 0 Å². The molecule has 100 valence electrons. The largest absolute Gasteiger partial charge is 0.309 e. The van der Waals surface area contributed by atoms with Crippen LogP contribution in [0.1, 0.15) is 28.3 Å². The van der Waals surface area contributed by atoms with Crippen LogP contribution in [0.4, 0.5) is 0 Å². The van der Waals surface area contributed by atoms with Crippen molar-refractivity contribution in [2.24, 2.45) is 0 Å². The van der Waals surface area contributed by atoms with Crippen molar-refractivity contribution < 1.29 is 0 Å². The van der Waals surface area contributed by atoms with Gasteiger partial charge in [-0.1, -0.05) is 50.1 Å². The predicted molar refractivity (Wildman–Crippen MR) is 88.7 cm³/mol. The first-order valence-electron chi connectivity index (χ1n) is 6.22. The fourth-order valence-corrected chi connectivity index (χ4v) is 3.66. The number of hydrogen-bond acceptors (Lipinski definition) is 1. The van der Waals surface area contributed by atoms with Crippen molar-refractivity contribution in [2.75, 3.05) is 7.05 Å². The molecular formula is C16H17Br2N. The fourth-order valence-electron chi connectivity index (χ4n) is 2.33. The van der Waals surface area contributed by atoms with Crippen LogP contribution in [0.2, 0.25) is 0 Å². The van der Waals surface area contributed by atoms with Gasteiger partial charge in [0.2, 0.25) is 0 Å². The molecule has 2 aromatic rings. The number of aryl methyl sites for hydroxylation is 1. The maximum Gasteiger partial charge on any atom is 0.0577 e. The molecule has 0 heterocycles. The highest BCUT2D eigenvalue weighted by Crippen LogP contribution is 2.30. The average Bonchev–Trinajstić information content (AvgIpc) is 2.34. The highest BCUT2D eigenvalue weighted by molar-refractivity contribution is 9.11. The van der Waals surface area contributed by atoms with Crippen LogP contribution in [0.25, 0.3) is 0 Å². The minimum Gasteiger partial charge on any atom is -0.309 e. The third-order valence-electron chi connectivity index (χ3n) is 3.46. The molecule has 0 aromatic heterocycles. The molecule has 2 rings (SSSR count). The minimum absolute atomic E-state index is 0.202. The maximum absolute atomic E-state index is 3.56. The number of benzene rings is 2. The molecule has 19 heavy (non-hydrogen) atoms. The van der Waals surface area contributed by atoms with Crippen LogP contribution in [-0.2, 0) is 0 Å². The molecule has 1 nitrogen and oxygen atoms in total. The van der Waals surface area contributed by atoms with Gasteiger partial charge in [-0.25, -0.2) is 0 Å². The molecular weight excluding hydrogens is 366 g/mol. The van der Waals surface area contributed by atoms with Gasteiger partial charge in [0.05, 0.1) is 6.04 Å². The van der Waals surface area contributed by atoms with Crippen molar-refractivity contribution >= 4 is 31.9 Å². The molecule has 0 radical (unpaired) electrons. The molecule has 1 atom stereocenters. The monoisotopic (exact) mass is 381 g/mol. The van der Waals surface area contributed by atoms with Crippen molar-refractivity contribution in [2.45, 2.75) is 19.9 Å². The molecule has 0 spiro atoms. The van der Waals surface area contributed by atoms with Gasteiger partial charge in [0.25, 0.3) is 0 Å². The third kappa shape index (κ3) is 3.28. The summed E-state index contributed by atoms with van der Waals surface area (Å²) < 4.78 is 2.17. The molecule has 2 aromatic carbocycles. The van der Waals surface area contributed by atoms with Crippen LogP contribution >= 0.6 is 31.9 Å². The van der Waals surface area contributed by atoms with E-state index in [1.54, 1.807) is 0 Å². The summed E-state index contributed by atoms with van der Waals surface area (Å²) in [6.45, 7) is 4.34. The normalized spacial score (nSPS) is 12.5. The molecule has 0 aliphatic carbocycles. The Morgan fingerprint density at radius 2 is 1.63 bits per heavy atom. The van der Waals surface area contributed by atoms with Crippen LogP contribution in [-0.4, -0.2) is 7.05 Å². The Bertz CT molecular complexity index is 573. The lowest BCUT2D eigenvalue weighted by atomic mass is 9.93. The van der Waals surface area contributed by atoms with Crippen molar-refractivity contribution in [3.8, 4) is 0 Å². The van der Waals surface area contributed by atoms with Crippen molar-refractivity contribution in [1.82, 2.24) is 5.32 Å². The van der Waals surface area contributed by atoms with E-state index < -0.39 is 0 Å². The van der Waals surface area contributed by atoms with Gasteiger partial charge in [-0.15, -0.1) is 0 Å². The molecule has 0 amide bonds. The standard InChI is InChI=1S/C16H17Br2N/c1-10-5-4-6-15(11(10)2)16(19-3)12-7-13(17)9-14(18)8-12/h4-9,16,19H,1-3H3. The van der Waals surface area contributed by atoms with Crippen LogP contribution < -0.4 is 5.32 Å². The lowest BCUT2D eigenvalue weighted by Gasteiger charge is -2.21. The van der Waals surface area contributed by atoms with Gasteiger partial charge in [0.1, 0.15) is 0 Å². The predicted octanol–water partition coefficient (Wildman–Crippen LogP) is 5.14. The molecule has 1 N–H and O–H groups in total. The van der Waals surface area contributed by atoms with E-state index in [0.717, 1.165) is 8.95 Å². The van der Waals surface area contributed by atoms with Gasteiger partial charge in [-0.3, -0.25) is 0 Å². The number of rotatable bonds is 3. The molecule has 3 heteroatoms. The molecule has 0 bridgehead atoms. The zero-order valence-corrected chi connectivity index (χ0v) is 14.5.